The van der Waals surface area contributed by atoms with Gasteiger partial charge in [-0.2, -0.15) is 0 Å². The Hall–Kier alpha value is -3.87. The molecule has 33 heavy (non-hydrogen) atoms. The zero-order valence-electron chi connectivity index (χ0n) is 18.6. The van der Waals surface area contributed by atoms with Gasteiger partial charge in [0.1, 0.15) is 0 Å². The van der Waals surface area contributed by atoms with Gasteiger partial charge in [0.25, 0.3) is 5.91 Å². The molecule has 2 heterocycles. The van der Waals surface area contributed by atoms with Crippen LogP contribution in [0.1, 0.15) is 41.4 Å². The molecule has 1 aromatic heterocycles. The van der Waals surface area contributed by atoms with E-state index in [1.165, 1.54) is 12.3 Å². The molecule has 0 saturated heterocycles. The highest BCUT2D eigenvalue weighted by Gasteiger charge is 2.27. The minimum Gasteiger partial charge on any atom is -0.490 e. The normalized spacial score (nSPS) is 14.1. The summed E-state index contributed by atoms with van der Waals surface area (Å²) in [4.78, 5) is 36.4. The molecule has 0 spiro atoms. The number of fused-ring (bicyclic) bond motifs is 3. The van der Waals surface area contributed by atoms with E-state index < -0.39 is 5.43 Å². The third-order valence-electron chi connectivity index (χ3n) is 5.62. The summed E-state index contributed by atoms with van der Waals surface area (Å²) in [6, 6.07) is 14.0. The molecule has 0 fully saturated rings. The standard InChI is InChI=1S/C26H25N2O5/c1-3-32-24-11-18-10-20(14-27-26(31)17-8-6-5-7-9-17)28-15-19(16-29)23(30)13-22(28)21(18)12-25(24)33-4-2/h5-9,11-13,15,20H,3-4,10,14H2,1-2H3,(H,27,31). The highest BCUT2D eigenvalue weighted by molar-refractivity contribution is 5.94. The molecule has 0 bridgehead atoms. The molecule has 1 aliphatic heterocycles. The van der Waals surface area contributed by atoms with Gasteiger partial charge in [-0.25, -0.2) is 0 Å². The highest BCUT2D eigenvalue weighted by atomic mass is 16.5. The summed E-state index contributed by atoms with van der Waals surface area (Å²) < 4.78 is 13.4. The molecule has 0 aliphatic carbocycles. The Morgan fingerprint density at radius 2 is 1.79 bits per heavy atom. The van der Waals surface area contributed by atoms with Crippen LogP contribution in [0.15, 0.2) is 59.5 Å². The number of nitrogens with one attached hydrogen (secondary N) is 1. The van der Waals surface area contributed by atoms with Crippen LogP contribution in [0.4, 0.5) is 0 Å². The molecule has 3 aromatic rings. The summed E-state index contributed by atoms with van der Waals surface area (Å²) in [5.41, 5.74) is 2.59. The van der Waals surface area contributed by atoms with Crippen molar-refractivity contribution in [2.24, 2.45) is 0 Å². The van der Waals surface area contributed by atoms with Gasteiger partial charge in [0, 0.05) is 29.9 Å². The molecule has 4 rings (SSSR count). The van der Waals surface area contributed by atoms with Gasteiger partial charge in [-0.15, -0.1) is 0 Å². The fraction of sp³-hybridized carbons (Fsp3) is 0.269. The van der Waals surface area contributed by atoms with Gasteiger partial charge in [-0.3, -0.25) is 14.4 Å². The van der Waals surface area contributed by atoms with Crippen LogP contribution >= 0.6 is 0 Å². The van der Waals surface area contributed by atoms with Gasteiger partial charge >= 0.3 is 0 Å². The lowest BCUT2D eigenvalue weighted by Gasteiger charge is -2.31. The number of nitrogens with zero attached hydrogens (tertiary/aromatic N) is 1. The first-order valence-electron chi connectivity index (χ1n) is 11.0. The number of carbonyl (C=O) groups excluding carboxylic acids is 2. The van der Waals surface area contributed by atoms with E-state index in [2.05, 4.69) is 5.32 Å². The van der Waals surface area contributed by atoms with E-state index >= 15 is 0 Å². The van der Waals surface area contributed by atoms with E-state index in [9.17, 15) is 14.4 Å². The average molecular weight is 445 g/mol. The van der Waals surface area contributed by atoms with Crippen molar-refractivity contribution in [3.63, 3.8) is 0 Å². The maximum absolute atomic E-state index is 12.6. The van der Waals surface area contributed by atoms with Crippen LogP contribution in [0.25, 0.3) is 11.3 Å². The number of aromatic nitrogens is 1. The van der Waals surface area contributed by atoms with Crippen LogP contribution in [-0.2, 0) is 11.2 Å². The van der Waals surface area contributed by atoms with Gasteiger partial charge in [0.05, 0.1) is 30.5 Å². The number of rotatable bonds is 8. The van der Waals surface area contributed by atoms with Gasteiger partial charge in [-0.1, -0.05) is 18.2 Å². The van der Waals surface area contributed by atoms with E-state index in [0.717, 1.165) is 11.1 Å². The molecule has 1 N–H and O–H groups in total. The minimum atomic E-state index is -0.400. The van der Waals surface area contributed by atoms with E-state index in [0.29, 0.717) is 48.9 Å². The zero-order chi connectivity index (χ0) is 23.4. The van der Waals surface area contributed by atoms with Crippen molar-refractivity contribution in [2.75, 3.05) is 19.8 Å². The Bertz CT molecular complexity index is 1230. The summed E-state index contributed by atoms with van der Waals surface area (Å²) in [7, 11) is 0. The Labute approximate surface area is 192 Å². The predicted molar refractivity (Wildman–Crippen MR) is 125 cm³/mol. The fourth-order valence-electron chi connectivity index (χ4n) is 4.12. The molecule has 7 heteroatoms. The van der Waals surface area contributed by atoms with Crippen LogP contribution in [-0.4, -0.2) is 36.5 Å². The molecule has 169 valence electrons. The minimum absolute atomic E-state index is 0.0439. The predicted octanol–water partition coefficient (Wildman–Crippen LogP) is 3.30. The average Bonchev–Trinajstić information content (AvgIpc) is 2.83. The number of hydrogen-bond acceptors (Lipinski definition) is 5. The van der Waals surface area contributed by atoms with Crippen molar-refractivity contribution in [1.82, 2.24) is 9.88 Å². The number of ether oxygens (including phenoxy) is 2. The summed E-state index contributed by atoms with van der Waals surface area (Å²) in [5, 5.41) is 2.97. The molecule has 1 aliphatic rings. The summed E-state index contributed by atoms with van der Waals surface area (Å²) in [5.74, 6) is 1.05. The Morgan fingerprint density at radius 3 is 2.45 bits per heavy atom. The molecule has 2 aromatic carbocycles. The van der Waals surface area contributed by atoms with E-state index in [1.807, 2.05) is 48.7 Å². The lowest BCUT2D eigenvalue weighted by Crippen LogP contribution is -2.34. The largest absolute Gasteiger partial charge is 0.490 e. The van der Waals surface area contributed by atoms with Gasteiger partial charge in [0.15, 0.2) is 16.9 Å². The molecular formula is C26H25N2O5. The highest BCUT2D eigenvalue weighted by Crippen LogP contribution is 2.41. The van der Waals surface area contributed by atoms with Crippen molar-refractivity contribution >= 4 is 12.2 Å². The molecule has 1 radical (unpaired) electrons. The quantitative estimate of drug-likeness (QED) is 0.575. The topological polar surface area (TPSA) is 86.6 Å². The van der Waals surface area contributed by atoms with Crippen LogP contribution in [0, 0.1) is 0 Å². The monoisotopic (exact) mass is 445 g/mol. The zero-order valence-corrected chi connectivity index (χ0v) is 18.6. The Morgan fingerprint density at radius 1 is 1.09 bits per heavy atom. The third-order valence-corrected chi connectivity index (χ3v) is 5.62. The summed E-state index contributed by atoms with van der Waals surface area (Å²) >= 11 is 0. The molecule has 1 unspecified atom stereocenters. The number of benzene rings is 2. The molecule has 1 amide bonds. The molecule has 7 nitrogen and oxygen atoms in total. The summed E-state index contributed by atoms with van der Waals surface area (Å²) in [6.07, 6.45) is 3.81. The van der Waals surface area contributed by atoms with Crippen molar-refractivity contribution in [3.05, 3.63) is 81.6 Å². The first kappa shape index (κ1) is 22.3. The fourth-order valence-corrected chi connectivity index (χ4v) is 4.12. The number of hydrogen-bond donors (Lipinski definition) is 1. The van der Waals surface area contributed by atoms with E-state index in [1.54, 1.807) is 18.4 Å². The Balaban J connectivity index is 1.74. The van der Waals surface area contributed by atoms with Crippen molar-refractivity contribution in [2.45, 2.75) is 26.3 Å². The van der Waals surface area contributed by atoms with Gasteiger partial charge in [0.2, 0.25) is 6.29 Å². The number of carbonyl (C=O) groups is 1. The van der Waals surface area contributed by atoms with Crippen molar-refractivity contribution in [3.8, 4) is 22.8 Å². The van der Waals surface area contributed by atoms with Crippen LogP contribution in [0.2, 0.25) is 0 Å². The second kappa shape index (κ2) is 9.73. The first-order chi connectivity index (χ1) is 16.0. The SMILES string of the molecule is CCOc1cc2c(cc1OCC)-c1cc(=O)c([C]=O)cn1C(CNC(=O)c1ccccc1)C2. The first-order valence-corrected chi connectivity index (χ1v) is 11.0. The van der Waals surface area contributed by atoms with Gasteiger partial charge in [-0.05, 0) is 50.1 Å². The van der Waals surface area contributed by atoms with Crippen LogP contribution in [0.5, 0.6) is 11.5 Å². The van der Waals surface area contributed by atoms with Gasteiger partial charge < -0.3 is 19.4 Å². The van der Waals surface area contributed by atoms with Crippen molar-refractivity contribution in [1.29, 1.82) is 0 Å². The molecular weight excluding hydrogens is 420 g/mol. The lowest BCUT2D eigenvalue weighted by molar-refractivity contribution is 0.0947. The second-order valence-corrected chi connectivity index (χ2v) is 7.70. The third kappa shape index (κ3) is 4.53. The van der Waals surface area contributed by atoms with Crippen LogP contribution in [0.3, 0.4) is 0 Å². The number of amides is 1. The summed E-state index contributed by atoms with van der Waals surface area (Å²) in [6.45, 7) is 5.08. The number of pyridine rings is 1. The van der Waals surface area contributed by atoms with E-state index in [-0.39, 0.29) is 17.5 Å². The smallest absolute Gasteiger partial charge is 0.251 e. The van der Waals surface area contributed by atoms with Crippen LogP contribution < -0.4 is 20.2 Å². The molecule has 0 saturated carbocycles. The van der Waals surface area contributed by atoms with E-state index in [4.69, 9.17) is 9.47 Å². The lowest BCUT2D eigenvalue weighted by atomic mass is 9.91. The Kier molecular flexibility index (Phi) is 6.58. The second-order valence-electron chi connectivity index (χ2n) is 7.70. The maximum atomic E-state index is 12.6. The molecule has 1 atom stereocenters. The maximum Gasteiger partial charge on any atom is 0.251 e. The van der Waals surface area contributed by atoms with Crippen molar-refractivity contribution < 1.29 is 19.1 Å².